The van der Waals surface area contributed by atoms with Crippen molar-refractivity contribution in [3.8, 4) is 53.5 Å². The molecule has 108 heavy (non-hydrogen) atoms. The lowest BCUT2D eigenvalue weighted by molar-refractivity contribution is -0.118. The lowest BCUT2D eigenvalue weighted by Gasteiger charge is -2.41. The van der Waals surface area contributed by atoms with E-state index in [9.17, 15) is 25.8 Å². The number of hydrogen-bond acceptors (Lipinski definition) is 16. The minimum Gasteiger partial charge on any atom is -0.422 e. The minimum absolute atomic E-state index is 0. The zero-order chi connectivity index (χ0) is 78.4. The van der Waals surface area contributed by atoms with E-state index in [0.717, 1.165) is 106 Å². The normalized spacial score (nSPS) is 18.8. The molecule has 4 atom stereocenters. The summed E-state index contributed by atoms with van der Waals surface area (Å²) in [4.78, 5) is 11.8. The Morgan fingerprint density at radius 1 is 0.463 bits per heavy atom. The number of nitrogens with one attached hydrogen (secondary N) is 4. The third-order valence-corrected chi connectivity index (χ3v) is 21.1. The number of carbonyl (C=O) groups excluding carboxylic acids is 1. The third kappa shape index (κ3) is 13.2. The summed E-state index contributed by atoms with van der Waals surface area (Å²) in [5.41, 5.74) is 32.9. The van der Waals surface area contributed by atoms with Gasteiger partial charge < -0.3 is 35.7 Å². The number of amides is 1. The third-order valence-electron chi connectivity index (χ3n) is 21.1. The number of allylic oxidation sites excluding steroid dienone is 4. The molecule has 560 valence electrons. The molecule has 4 aliphatic rings. The van der Waals surface area contributed by atoms with Crippen molar-refractivity contribution < 1.29 is 23.7 Å². The number of aromatic nitrogens is 8. The largest absolute Gasteiger partial charge is 0.422 e. The van der Waals surface area contributed by atoms with Gasteiger partial charge in [0, 0.05) is 32.4 Å². The van der Waals surface area contributed by atoms with Crippen molar-refractivity contribution in [1.29, 1.82) is 21.0 Å². The number of ether oxygens (including phenoxy) is 4. The van der Waals surface area contributed by atoms with E-state index >= 15 is 0 Å². The average molecular weight is 1450 g/mol. The summed E-state index contributed by atoms with van der Waals surface area (Å²) in [6.45, 7) is 42.7. The highest BCUT2D eigenvalue weighted by Gasteiger charge is 2.56. The molecule has 8 heterocycles. The van der Waals surface area contributed by atoms with Crippen molar-refractivity contribution >= 4 is 5.91 Å². The Hall–Kier alpha value is -12.1. The van der Waals surface area contributed by atoms with E-state index in [1.54, 1.807) is 16.4 Å². The molecule has 5 aromatic carbocycles. The quantitative estimate of drug-likeness (QED) is 0.0701. The van der Waals surface area contributed by atoms with Crippen molar-refractivity contribution in [3.05, 3.63) is 261 Å². The number of hydrogen-bond donors (Lipinski definition) is 6. The summed E-state index contributed by atoms with van der Waals surface area (Å²) in [6, 6.07) is 44.9. The molecule has 4 aromatic heterocycles. The van der Waals surface area contributed by atoms with Gasteiger partial charge in [0.2, 0.25) is 53.0 Å². The van der Waals surface area contributed by atoms with Gasteiger partial charge in [-0.05, 0) is 141 Å². The highest BCUT2D eigenvalue weighted by Crippen LogP contribution is 2.58. The van der Waals surface area contributed by atoms with E-state index in [0.29, 0.717) is 51.7 Å². The molecule has 4 unspecified atom stereocenters. The Kier molecular flexibility index (Phi) is 22.8. The van der Waals surface area contributed by atoms with Crippen LogP contribution in [-0.4, -0.2) is 52.9 Å². The maximum atomic E-state index is 11.8. The van der Waals surface area contributed by atoms with E-state index in [-0.39, 0.29) is 54.7 Å². The van der Waals surface area contributed by atoms with Crippen molar-refractivity contribution in [2.24, 2.45) is 42.2 Å². The Morgan fingerprint density at radius 2 is 0.778 bits per heavy atom. The smallest absolute Gasteiger partial charge is 0.244 e. The molecule has 0 spiro atoms. The summed E-state index contributed by atoms with van der Waals surface area (Å²) < 4.78 is 27.1. The first-order valence-corrected chi connectivity index (χ1v) is 36.0. The summed E-state index contributed by atoms with van der Waals surface area (Å²) in [5.74, 6) is 3.00. The standard InChI is InChI=1S/C25H26N4O.C21H24N4O2.2C20H24N4O.CH4/c1-15(2)25(19-12-16(3)11-17(4)13-19)21(14-26)23(27)30-24-22(25)18(5)28-29(24)20-9-7-6-8-10-20;1-11(2)21(16-8-12(3)7-13(4)9-16)17(10-22)19(23-15(6)26)27-20-18(21)14(5)24-25-20;1-11(2)20(15-8-12(3)7-13(4)9-15)16(10-21)18(22)25-19-17(20)14(5)23-24(19)6;1-11(2)20(15-8-12(3)7-13(4)9-15)16(10-21)18(22-6)25-19-17(20)14(5)23-24-19;/h6-13,15H,27H2,1-5H3;7-9,11H,1-6H3,(H,23,26)(H,24,25);7-9,11H,22H2,1-6H3;7-9,11,22H,1-6H3,(H,23,24);1H4. The maximum Gasteiger partial charge on any atom is 0.244 e. The van der Waals surface area contributed by atoms with E-state index in [2.05, 4.69) is 230 Å². The summed E-state index contributed by atoms with van der Waals surface area (Å²) in [5, 5.41) is 70.1. The first-order chi connectivity index (χ1) is 50.6. The van der Waals surface area contributed by atoms with Gasteiger partial charge in [0.05, 0.1) is 61.0 Å². The monoisotopic (exact) mass is 1450 g/mol. The number of nitrogens with two attached hydrogens (primary N) is 2. The average Bonchev–Trinajstić information content (AvgIpc) is 1.40. The number of nitrogens with zero attached hydrogens (tertiary/aromatic N) is 10. The van der Waals surface area contributed by atoms with Crippen molar-refractivity contribution in [2.75, 3.05) is 7.05 Å². The Labute approximate surface area is 636 Å². The Morgan fingerprint density at radius 3 is 1.11 bits per heavy atom. The van der Waals surface area contributed by atoms with Crippen LogP contribution in [0.3, 0.4) is 0 Å². The van der Waals surface area contributed by atoms with Crippen molar-refractivity contribution in [3.63, 3.8) is 0 Å². The van der Waals surface area contributed by atoms with Gasteiger partial charge in [-0.3, -0.25) is 20.3 Å². The van der Waals surface area contributed by atoms with Gasteiger partial charge >= 0.3 is 0 Å². The van der Waals surface area contributed by atoms with E-state index in [1.807, 2.05) is 78.9 Å². The molecule has 0 fully saturated rings. The van der Waals surface area contributed by atoms with Crippen LogP contribution in [0, 0.1) is 152 Å². The van der Waals surface area contributed by atoms with Crippen LogP contribution in [-0.2, 0) is 33.5 Å². The van der Waals surface area contributed by atoms with Gasteiger partial charge in [-0.2, -0.15) is 31.2 Å². The lowest BCUT2D eigenvalue weighted by atomic mass is 9.61. The number of carbonyl (C=O) groups is 1. The van der Waals surface area contributed by atoms with Gasteiger partial charge in [-0.25, -0.2) is 9.36 Å². The molecule has 0 aliphatic carbocycles. The molecule has 13 rings (SSSR count). The van der Waals surface area contributed by atoms with Gasteiger partial charge in [0.1, 0.15) is 46.6 Å². The molecule has 4 aliphatic heterocycles. The molecule has 0 saturated heterocycles. The number of benzene rings is 5. The summed E-state index contributed by atoms with van der Waals surface area (Å²) >= 11 is 0. The highest BCUT2D eigenvalue weighted by atomic mass is 16.5. The number of para-hydroxylation sites is 1. The van der Waals surface area contributed by atoms with Crippen LogP contribution in [0.1, 0.15) is 182 Å². The fourth-order valence-corrected chi connectivity index (χ4v) is 17.3. The minimum atomic E-state index is -0.784. The zero-order valence-electron chi connectivity index (χ0n) is 65.8. The molecule has 9 aromatic rings. The molecule has 8 N–H and O–H groups in total. The molecular formula is C87H102N16O5. The van der Waals surface area contributed by atoms with Crippen LogP contribution in [0.25, 0.3) is 5.69 Å². The lowest BCUT2D eigenvalue weighted by Crippen LogP contribution is -2.43. The van der Waals surface area contributed by atoms with Gasteiger partial charge in [0.15, 0.2) is 0 Å². The number of aryl methyl sites for hydroxylation is 13. The second-order valence-corrected chi connectivity index (χ2v) is 30.0. The van der Waals surface area contributed by atoms with Gasteiger partial charge in [-0.15, -0.1) is 10.2 Å². The number of fused-ring (bicyclic) bond motifs is 4. The molecule has 21 heteroatoms. The molecular weight excluding hydrogens is 1350 g/mol. The fourth-order valence-electron chi connectivity index (χ4n) is 17.3. The fraction of sp³-hybridized carbons (Fsp3) is 0.368. The molecule has 0 radical (unpaired) electrons. The van der Waals surface area contributed by atoms with Crippen LogP contribution < -0.4 is 41.0 Å². The Bertz CT molecular complexity index is 5250. The van der Waals surface area contributed by atoms with Crippen molar-refractivity contribution in [1.82, 2.24) is 50.6 Å². The van der Waals surface area contributed by atoms with Crippen molar-refractivity contribution in [2.45, 2.75) is 174 Å². The molecule has 0 bridgehead atoms. The van der Waals surface area contributed by atoms with Crippen LogP contribution in [0.15, 0.2) is 149 Å². The second-order valence-electron chi connectivity index (χ2n) is 30.0. The SMILES string of the molecule is C.CC(=O)NC1=C(C#N)C(c2cc(C)cc(C)c2)(C(C)C)c2c(n[nH]c2C)O1.CNC1=C(C#N)C(c2cc(C)cc(C)c2)(C(C)C)c2c(n[nH]c2C)O1.Cc1cc(C)cc(C2(C(C)C)C(C#N)=C(N)Oc3c2c(C)nn3-c2ccccc2)c1.Cc1cc(C)cc(C2(C(C)C)C(C#N)=C(N)Oc3c2c(C)nn3C)c1. The number of rotatable bonds is 11. The first-order valence-electron chi connectivity index (χ1n) is 36.0. The van der Waals surface area contributed by atoms with E-state index in [4.69, 9.17) is 35.5 Å². The van der Waals surface area contributed by atoms with Gasteiger partial charge in [0.25, 0.3) is 0 Å². The number of nitriles is 4. The molecule has 0 saturated carbocycles. The van der Waals surface area contributed by atoms with Crippen LogP contribution in [0.5, 0.6) is 23.5 Å². The van der Waals surface area contributed by atoms with E-state index < -0.39 is 21.7 Å². The zero-order valence-corrected chi connectivity index (χ0v) is 65.8. The Balaban J connectivity index is 0.000000166. The summed E-state index contributed by atoms with van der Waals surface area (Å²) in [7, 11) is 3.60. The van der Waals surface area contributed by atoms with Gasteiger partial charge in [-0.1, -0.05) is 198 Å². The predicted octanol–water partition coefficient (Wildman–Crippen LogP) is 16.0. The molecule has 21 nitrogen and oxygen atoms in total. The highest BCUT2D eigenvalue weighted by molar-refractivity contribution is 5.76. The summed E-state index contributed by atoms with van der Waals surface area (Å²) in [6.07, 6.45) is 0. The predicted molar refractivity (Wildman–Crippen MR) is 420 cm³/mol. The maximum absolute atomic E-state index is 11.8. The van der Waals surface area contributed by atoms with Crippen LogP contribution in [0.4, 0.5) is 0 Å². The molecule has 1 amide bonds. The number of H-pyrrole nitrogens is 2. The second kappa shape index (κ2) is 30.8. The van der Waals surface area contributed by atoms with Crippen LogP contribution >= 0.6 is 0 Å². The topological polar surface area (TPSA) is 318 Å². The van der Waals surface area contributed by atoms with Crippen LogP contribution in [0.2, 0.25) is 0 Å². The number of aromatic amines is 2. The first kappa shape index (κ1) is 80.0. The van der Waals surface area contributed by atoms with E-state index in [1.165, 1.54) is 18.1 Å².